The molecule has 0 saturated carbocycles. The Labute approximate surface area is 212 Å². The number of hydrogen-bond donors (Lipinski definition) is 0. The number of fused-ring (bicyclic) bond motifs is 2. The SMILES string of the molecule is CC(C)c1cc2cc(N(C)C)ccc2[cH-]1.CN(C)c1ccc2[cH-]ccc2c1.[Cl-].[Cl-].[Zr+4]. The van der Waals surface area contributed by atoms with E-state index in [9.17, 15) is 0 Å². The molecule has 30 heavy (non-hydrogen) atoms. The molecule has 0 aliphatic rings. The Morgan fingerprint density at radius 2 is 1.23 bits per heavy atom. The summed E-state index contributed by atoms with van der Waals surface area (Å²) in [6.07, 6.45) is 0. The minimum Gasteiger partial charge on any atom is -1.00 e. The molecule has 0 heterocycles. The Kier molecular flexibility index (Phi) is 12.0. The van der Waals surface area contributed by atoms with Crippen molar-refractivity contribution in [2.24, 2.45) is 0 Å². The normalized spacial score (nSPS) is 9.83. The molecular weight excluding hydrogens is 490 g/mol. The molecule has 0 bridgehead atoms. The van der Waals surface area contributed by atoms with Gasteiger partial charge in [0.25, 0.3) is 0 Å². The van der Waals surface area contributed by atoms with E-state index in [1.165, 1.54) is 38.5 Å². The van der Waals surface area contributed by atoms with Gasteiger partial charge in [-0.2, -0.15) is 23.6 Å². The Bertz CT molecular complexity index is 1030. The second-order valence-corrected chi connectivity index (χ2v) is 7.88. The van der Waals surface area contributed by atoms with Crippen molar-refractivity contribution in [3.63, 3.8) is 0 Å². The van der Waals surface area contributed by atoms with Crippen molar-refractivity contribution in [1.29, 1.82) is 0 Å². The first kappa shape index (κ1) is 28.7. The molecule has 0 spiro atoms. The van der Waals surface area contributed by atoms with E-state index < -0.39 is 0 Å². The summed E-state index contributed by atoms with van der Waals surface area (Å²) in [5, 5.41) is 5.34. The van der Waals surface area contributed by atoms with Gasteiger partial charge >= 0.3 is 26.2 Å². The number of hydrogen-bond acceptors (Lipinski definition) is 2. The standard InChI is InChI=1S/C14H18N.C11H12N.2ClH.Zr/c1-10(2)12-7-11-5-6-14(15(3)4)9-13(11)8-12;1-12(2)11-7-6-9-4-3-5-10(9)8-11;;;/h5-10H,1-4H3;3-8H,1-2H3;2*1H;/q2*-1;;;+4/p-2. The molecule has 2 nitrogen and oxygen atoms in total. The fourth-order valence-electron chi connectivity index (χ4n) is 3.22. The maximum absolute atomic E-state index is 2.30. The maximum Gasteiger partial charge on any atom is 4.00 e. The number of rotatable bonds is 3. The van der Waals surface area contributed by atoms with Crippen LogP contribution in [0.1, 0.15) is 25.3 Å². The number of halogens is 2. The summed E-state index contributed by atoms with van der Waals surface area (Å²) in [7, 11) is 8.27. The minimum absolute atomic E-state index is 0. The van der Waals surface area contributed by atoms with Crippen molar-refractivity contribution in [3.8, 4) is 0 Å². The summed E-state index contributed by atoms with van der Waals surface area (Å²) < 4.78 is 0. The van der Waals surface area contributed by atoms with Crippen molar-refractivity contribution in [2.45, 2.75) is 19.8 Å². The number of nitrogens with zero attached hydrogens (tertiary/aromatic N) is 2. The van der Waals surface area contributed by atoms with Crippen LogP contribution in [-0.2, 0) is 26.2 Å². The molecule has 0 fully saturated rings. The van der Waals surface area contributed by atoms with Gasteiger partial charge in [0.2, 0.25) is 0 Å². The summed E-state index contributed by atoms with van der Waals surface area (Å²) in [6.45, 7) is 4.47. The van der Waals surface area contributed by atoms with E-state index in [-0.39, 0.29) is 51.0 Å². The molecule has 0 aliphatic carbocycles. The maximum atomic E-state index is 2.30. The van der Waals surface area contributed by atoms with Gasteiger partial charge in [0.15, 0.2) is 0 Å². The zero-order valence-electron chi connectivity index (χ0n) is 18.6. The molecule has 4 aromatic carbocycles. The third kappa shape index (κ3) is 6.87. The third-order valence-electron chi connectivity index (χ3n) is 5.04. The molecule has 5 heteroatoms. The predicted octanol–water partition coefficient (Wildman–Crippen LogP) is 0.378. The van der Waals surface area contributed by atoms with Gasteiger partial charge in [0.1, 0.15) is 0 Å². The van der Waals surface area contributed by atoms with Crippen LogP contribution in [0.25, 0.3) is 21.5 Å². The summed E-state index contributed by atoms with van der Waals surface area (Å²) in [4.78, 5) is 4.26. The van der Waals surface area contributed by atoms with Gasteiger partial charge in [-0.05, 0) is 5.92 Å². The molecule has 0 amide bonds. The number of anilines is 2. The van der Waals surface area contributed by atoms with E-state index >= 15 is 0 Å². The summed E-state index contributed by atoms with van der Waals surface area (Å²) in [5.41, 5.74) is 3.96. The van der Waals surface area contributed by atoms with E-state index in [1.807, 2.05) is 0 Å². The van der Waals surface area contributed by atoms with Gasteiger partial charge in [-0.25, -0.2) is 0 Å². The summed E-state index contributed by atoms with van der Waals surface area (Å²) in [5.74, 6) is 0.611. The van der Waals surface area contributed by atoms with Crippen LogP contribution in [-0.4, -0.2) is 28.2 Å². The smallest absolute Gasteiger partial charge is 1.00 e. The summed E-state index contributed by atoms with van der Waals surface area (Å²) in [6, 6.07) is 24.1. The van der Waals surface area contributed by atoms with E-state index in [1.54, 1.807) is 0 Å². The van der Waals surface area contributed by atoms with E-state index in [2.05, 4.69) is 119 Å². The molecule has 0 aliphatic heterocycles. The molecule has 4 rings (SSSR count). The fourth-order valence-corrected chi connectivity index (χ4v) is 3.22. The number of benzene rings is 2. The van der Waals surface area contributed by atoms with Gasteiger partial charge in [-0.15, -0.1) is 46.0 Å². The van der Waals surface area contributed by atoms with Gasteiger partial charge < -0.3 is 34.6 Å². The molecule has 158 valence electrons. The molecule has 0 unspecified atom stereocenters. The van der Waals surface area contributed by atoms with E-state index in [0.29, 0.717) is 5.92 Å². The topological polar surface area (TPSA) is 6.48 Å². The Hall–Kier alpha value is -1.28. The van der Waals surface area contributed by atoms with Gasteiger partial charge in [-0.1, -0.05) is 38.1 Å². The van der Waals surface area contributed by atoms with Gasteiger partial charge in [0.05, 0.1) is 0 Å². The van der Waals surface area contributed by atoms with Crippen LogP contribution in [0.3, 0.4) is 0 Å². The average molecular weight is 521 g/mol. The largest absolute Gasteiger partial charge is 4.00 e. The first-order valence-corrected chi connectivity index (χ1v) is 9.55. The molecule has 0 N–H and O–H groups in total. The Morgan fingerprint density at radius 1 is 0.700 bits per heavy atom. The summed E-state index contributed by atoms with van der Waals surface area (Å²) >= 11 is 0. The Morgan fingerprint density at radius 3 is 1.77 bits per heavy atom. The molecule has 4 aromatic rings. The second-order valence-electron chi connectivity index (χ2n) is 7.88. The van der Waals surface area contributed by atoms with Crippen LogP contribution >= 0.6 is 0 Å². The minimum atomic E-state index is 0. The zero-order chi connectivity index (χ0) is 19.6. The van der Waals surface area contributed by atoms with Crippen LogP contribution in [0.4, 0.5) is 11.4 Å². The molecular formula is C25H30Cl2N2Zr. The third-order valence-corrected chi connectivity index (χ3v) is 5.04. The van der Waals surface area contributed by atoms with Crippen molar-refractivity contribution >= 4 is 32.9 Å². The van der Waals surface area contributed by atoms with Crippen LogP contribution in [0.5, 0.6) is 0 Å². The monoisotopic (exact) mass is 518 g/mol. The van der Waals surface area contributed by atoms with Crippen molar-refractivity contribution in [2.75, 3.05) is 38.0 Å². The second kappa shape index (κ2) is 12.5. The first-order valence-electron chi connectivity index (χ1n) is 9.55. The van der Waals surface area contributed by atoms with Crippen LogP contribution in [0.15, 0.2) is 66.7 Å². The molecule has 0 aromatic heterocycles. The van der Waals surface area contributed by atoms with Crippen molar-refractivity contribution in [3.05, 3.63) is 72.3 Å². The average Bonchev–Trinajstić information content (AvgIpc) is 3.27. The van der Waals surface area contributed by atoms with Crippen LogP contribution in [0.2, 0.25) is 0 Å². The van der Waals surface area contributed by atoms with Gasteiger partial charge in [-0.3, -0.25) is 0 Å². The van der Waals surface area contributed by atoms with E-state index in [0.717, 1.165) is 0 Å². The van der Waals surface area contributed by atoms with Crippen molar-refractivity contribution < 1.29 is 51.0 Å². The molecule has 0 atom stereocenters. The molecule has 0 saturated heterocycles. The van der Waals surface area contributed by atoms with Crippen LogP contribution < -0.4 is 34.6 Å². The quantitative estimate of drug-likeness (QED) is 0.361. The van der Waals surface area contributed by atoms with E-state index in [4.69, 9.17) is 0 Å². The van der Waals surface area contributed by atoms with Gasteiger partial charge in [0, 0.05) is 39.6 Å². The first-order chi connectivity index (χ1) is 12.8. The van der Waals surface area contributed by atoms with Crippen LogP contribution in [0, 0.1) is 0 Å². The zero-order valence-corrected chi connectivity index (χ0v) is 22.5. The predicted molar refractivity (Wildman–Crippen MR) is 122 cm³/mol. The Balaban J connectivity index is 0.000000519. The molecule has 0 radical (unpaired) electrons. The van der Waals surface area contributed by atoms with Crippen molar-refractivity contribution in [1.82, 2.24) is 0 Å². The fraction of sp³-hybridized carbons (Fsp3) is 0.280.